The third kappa shape index (κ3) is 3.61. The molecule has 0 saturated heterocycles. The Labute approximate surface area is 124 Å². The normalized spacial score (nSPS) is 12.0. The van der Waals surface area contributed by atoms with Crippen LogP contribution in [0.1, 0.15) is 28.3 Å². The van der Waals surface area contributed by atoms with Crippen LogP contribution in [0.25, 0.3) is 0 Å². The second-order valence-electron chi connectivity index (χ2n) is 5.07. The molecule has 0 saturated carbocycles. The van der Waals surface area contributed by atoms with Crippen molar-refractivity contribution in [3.05, 3.63) is 64.7 Å². The molecule has 0 bridgehead atoms. The average Bonchev–Trinajstić information content (AvgIpc) is 2.46. The number of benzene rings is 2. The smallest absolute Gasteiger partial charge is 0.325 e. The van der Waals surface area contributed by atoms with Gasteiger partial charge in [-0.3, -0.25) is 4.79 Å². The van der Waals surface area contributed by atoms with Crippen molar-refractivity contribution in [2.75, 3.05) is 0 Å². The molecular weight excluding hydrogens is 266 g/mol. The van der Waals surface area contributed by atoms with Gasteiger partial charge in [0.1, 0.15) is 18.4 Å². The number of carbonyl (C=O) groups is 1. The number of rotatable bonds is 5. The second-order valence-corrected chi connectivity index (χ2v) is 5.07. The lowest BCUT2D eigenvalue weighted by Crippen LogP contribution is -2.21. The van der Waals surface area contributed by atoms with Crippen LogP contribution in [-0.4, -0.2) is 11.1 Å². The highest BCUT2D eigenvalue weighted by Crippen LogP contribution is 2.27. The van der Waals surface area contributed by atoms with Crippen molar-refractivity contribution in [3.8, 4) is 5.75 Å². The minimum Gasteiger partial charge on any atom is -0.488 e. The van der Waals surface area contributed by atoms with E-state index < -0.39 is 12.0 Å². The van der Waals surface area contributed by atoms with Crippen molar-refractivity contribution in [1.29, 1.82) is 0 Å². The molecule has 4 nitrogen and oxygen atoms in total. The zero-order valence-corrected chi connectivity index (χ0v) is 12.2. The Morgan fingerprint density at radius 3 is 2.29 bits per heavy atom. The quantitative estimate of drug-likeness (QED) is 0.886. The van der Waals surface area contributed by atoms with Gasteiger partial charge in [0.2, 0.25) is 0 Å². The predicted molar refractivity (Wildman–Crippen MR) is 81.3 cm³/mol. The molecule has 0 fully saturated rings. The summed E-state index contributed by atoms with van der Waals surface area (Å²) in [6.07, 6.45) is 0. The molecule has 0 radical (unpaired) electrons. The molecule has 0 amide bonds. The van der Waals surface area contributed by atoms with Crippen LogP contribution in [0.3, 0.4) is 0 Å². The van der Waals surface area contributed by atoms with E-state index in [2.05, 4.69) is 0 Å². The van der Waals surface area contributed by atoms with Gasteiger partial charge in [0, 0.05) is 0 Å². The van der Waals surface area contributed by atoms with Gasteiger partial charge in [0.15, 0.2) is 0 Å². The summed E-state index contributed by atoms with van der Waals surface area (Å²) in [5, 5.41) is 8.98. The number of aryl methyl sites for hydroxylation is 2. The van der Waals surface area contributed by atoms with Gasteiger partial charge >= 0.3 is 5.97 Å². The van der Waals surface area contributed by atoms with Crippen LogP contribution < -0.4 is 10.5 Å². The molecule has 0 unspecified atom stereocenters. The van der Waals surface area contributed by atoms with Gasteiger partial charge in [-0.1, -0.05) is 42.5 Å². The minimum absolute atomic E-state index is 0.479. The third-order valence-corrected chi connectivity index (χ3v) is 3.33. The van der Waals surface area contributed by atoms with Crippen LogP contribution in [0.4, 0.5) is 0 Å². The van der Waals surface area contributed by atoms with Crippen LogP contribution in [0.5, 0.6) is 5.75 Å². The summed E-state index contributed by atoms with van der Waals surface area (Å²) in [5.74, 6) is -0.257. The molecule has 2 aromatic rings. The Hall–Kier alpha value is -2.33. The summed E-state index contributed by atoms with van der Waals surface area (Å²) in [6, 6.07) is 12.4. The van der Waals surface area contributed by atoms with Crippen molar-refractivity contribution >= 4 is 5.97 Å². The van der Waals surface area contributed by atoms with Crippen LogP contribution in [-0.2, 0) is 11.4 Å². The maximum absolute atomic E-state index is 11.0. The first-order valence-electron chi connectivity index (χ1n) is 6.75. The highest BCUT2D eigenvalue weighted by atomic mass is 16.5. The SMILES string of the molecule is Cc1cc([C@H](N)C(=O)O)cc(C)c1OCc1ccccc1. The van der Waals surface area contributed by atoms with Gasteiger partial charge in [-0.25, -0.2) is 0 Å². The fourth-order valence-electron chi connectivity index (χ4n) is 2.26. The van der Waals surface area contributed by atoms with Gasteiger partial charge in [-0.15, -0.1) is 0 Å². The first-order valence-corrected chi connectivity index (χ1v) is 6.75. The fraction of sp³-hybridized carbons (Fsp3) is 0.235. The Bertz CT molecular complexity index is 615. The summed E-state index contributed by atoms with van der Waals surface area (Å²) in [5.41, 5.74) is 9.10. The van der Waals surface area contributed by atoms with E-state index >= 15 is 0 Å². The van der Waals surface area contributed by atoms with Crippen molar-refractivity contribution in [1.82, 2.24) is 0 Å². The molecule has 110 valence electrons. The van der Waals surface area contributed by atoms with E-state index in [0.29, 0.717) is 12.2 Å². The highest BCUT2D eigenvalue weighted by Gasteiger charge is 2.17. The van der Waals surface area contributed by atoms with Crippen molar-refractivity contribution in [2.24, 2.45) is 5.73 Å². The Morgan fingerprint density at radius 1 is 1.19 bits per heavy atom. The molecule has 2 rings (SSSR count). The number of hydrogen-bond acceptors (Lipinski definition) is 3. The number of aliphatic carboxylic acids is 1. The highest BCUT2D eigenvalue weighted by molar-refractivity contribution is 5.75. The van der Waals surface area contributed by atoms with E-state index in [0.717, 1.165) is 22.4 Å². The molecule has 0 aromatic heterocycles. The Kier molecular flexibility index (Phi) is 4.60. The molecule has 0 heterocycles. The lowest BCUT2D eigenvalue weighted by atomic mass is 10.0. The number of ether oxygens (including phenoxy) is 1. The van der Waals surface area contributed by atoms with Gasteiger partial charge in [0.05, 0.1) is 0 Å². The van der Waals surface area contributed by atoms with E-state index in [1.54, 1.807) is 12.1 Å². The van der Waals surface area contributed by atoms with Crippen LogP contribution in [0.2, 0.25) is 0 Å². The molecule has 0 aliphatic heterocycles. The number of carboxylic acid groups (broad SMARTS) is 1. The molecule has 0 spiro atoms. The number of hydrogen-bond donors (Lipinski definition) is 2. The molecule has 0 aliphatic carbocycles. The standard InChI is InChI=1S/C17H19NO3/c1-11-8-14(15(18)17(19)20)9-12(2)16(11)21-10-13-6-4-3-5-7-13/h3-9,15H,10,18H2,1-2H3,(H,19,20)/t15-/m0/s1. The first kappa shape index (κ1) is 15.1. The number of nitrogens with two attached hydrogens (primary N) is 1. The summed E-state index contributed by atoms with van der Waals surface area (Å²) in [7, 11) is 0. The first-order chi connectivity index (χ1) is 9.99. The van der Waals surface area contributed by atoms with Crippen molar-refractivity contribution in [2.45, 2.75) is 26.5 Å². The largest absolute Gasteiger partial charge is 0.488 e. The molecule has 0 aliphatic rings. The Morgan fingerprint density at radius 2 is 1.76 bits per heavy atom. The van der Waals surface area contributed by atoms with E-state index in [9.17, 15) is 4.79 Å². The van der Waals surface area contributed by atoms with E-state index in [4.69, 9.17) is 15.6 Å². The van der Waals surface area contributed by atoms with Gasteiger partial charge in [-0.2, -0.15) is 0 Å². The van der Waals surface area contributed by atoms with Crippen molar-refractivity contribution in [3.63, 3.8) is 0 Å². The zero-order chi connectivity index (χ0) is 15.4. The molecule has 1 atom stereocenters. The Balaban J connectivity index is 2.19. The maximum atomic E-state index is 11.0. The number of carboxylic acids is 1. The lowest BCUT2D eigenvalue weighted by Gasteiger charge is -2.15. The molecular formula is C17H19NO3. The predicted octanol–water partition coefficient (Wildman–Crippen LogP) is 2.97. The van der Waals surface area contributed by atoms with E-state index in [1.165, 1.54) is 0 Å². The zero-order valence-electron chi connectivity index (χ0n) is 12.2. The van der Waals surface area contributed by atoms with Gasteiger partial charge < -0.3 is 15.6 Å². The topological polar surface area (TPSA) is 72.6 Å². The van der Waals surface area contributed by atoms with Gasteiger partial charge in [-0.05, 0) is 36.1 Å². The molecule has 21 heavy (non-hydrogen) atoms. The summed E-state index contributed by atoms with van der Waals surface area (Å²) < 4.78 is 5.86. The average molecular weight is 285 g/mol. The summed E-state index contributed by atoms with van der Waals surface area (Å²) >= 11 is 0. The minimum atomic E-state index is -1.04. The van der Waals surface area contributed by atoms with Crippen LogP contribution >= 0.6 is 0 Å². The van der Waals surface area contributed by atoms with E-state index in [1.807, 2.05) is 44.2 Å². The van der Waals surface area contributed by atoms with E-state index in [-0.39, 0.29) is 0 Å². The second kappa shape index (κ2) is 6.41. The van der Waals surface area contributed by atoms with Gasteiger partial charge in [0.25, 0.3) is 0 Å². The lowest BCUT2D eigenvalue weighted by molar-refractivity contribution is -0.138. The fourth-order valence-corrected chi connectivity index (χ4v) is 2.26. The molecule has 3 N–H and O–H groups in total. The van der Waals surface area contributed by atoms with Crippen LogP contribution in [0.15, 0.2) is 42.5 Å². The molecule has 2 aromatic carbocycles. The monoisotopic (exact) mass is 285 g/mol. The third-order valence-electron chi connectivity index (χ3n) is 3.33. The van der Waals surface area contributed by atoms with Crippen molar-refractivity contribution < 1.29 is 14.6 Å². The maximum Gasteiger partial charge on any atom is 0.325 e. The summed E-state index contributed by atoms with van der Waals surface area (Å²) in [4.78, 5) is 11.0. The van der Waals surface area contributed by atoms with Crippen LogP contribution in [0, 0.1) is 13.8 Å². The molecule has 4 heteroatoms. The summed E-state index contributed by atoms with van der Waals surface area (Å²) in [6.45, 7) is 4.27.